The molecule has 0 saturated heterocycles. The van der Waals surface area contributed by atoms with Crippen molar-refractivity contribution in [3.8, 4) is 0 Å². The first kappa shape index (κ1) is 16.9. The first-order valence-corrected chi connectivity index (χ1v) is 6.58. The summed E-state index contributed by atoms with van der Waals surface area (Å²) in [6.07, 6.45) is 2.29. The Bertz CT molecular complexity index is 267. The van der Waals surface area contributed by atoms with Crippen molar-refractivity contribution in [1.82, 2.24) is 5.32 Å². The van der Waals surface area contributed by atoms with Gasteiger partial charge in [-0.05, 0) is 31.1 Å². The highest BCUT2D eigenvalue weighted by atomic mass is 16.4. The minimum absolute atomic E-state index is 0.117. The smallest absolute Gasteiger partial charge is 0.303 e. The molecule has 0 aliphatic carbocycles. The Labute approximate surface area is 109 Å². The third-order valence-electron chi connectivity index (χ3n) is 2.85. The zero-order valence-electron chi connectivity index (χ0n) is 11.6. The molecule has 5 heteroatoms. The first-order valence-electron chi connectivity index (χ1n) is 6.58. The van der Waals surface area contributed by atoms with E-state index in [0.717, 1.165) is 6.42 Å². The Morgan fingerprint density at radius 2 is 1.83 bits per heavy atom. The van der Waals surface area contributed by atoms with Crippen molar-refractivity contribution in [1.29, 1.82) is 0 Å². The molecule has 0 spiro atoms. The van der Waals surface area contributed by atoms with Crippen LogP contribution in [0.2, 0.25) is 0 Å². The predicted molar refractivity (Wildman–Crippen MR) is 71.1 cm³/mol. The molecule has 2 unspecified atom stereocenters. The van der Waals surface area contributed by atoms with Crippen molar-refractivity contribution < 1.29 is 14.7 Å². The van der Waals surface area contributed by atoms with Crippen LogP contribution in [0.3, 0.4) is 0 Å². The Kier molecular flexibility index (Phi) is 8.37. The van der Waals surface area contributed by atoms with E-state index in [9.17, 15) is 9.59 Å². The van der Waals surface area contributed by atoms with Crippen molar-refractivity contribution in [2.75, 3.05) is 6.54 Å². The molecule has 106 valence electrons. The molecule has 0 saturated carbocycles. The van der Waals surface area contributed by atoms with Gasteiger partial charge in [-0.15, -0.1) is 0 Å². The number of carboxylic acids is 1. The molecule has 0 aromatic rings. The molecule has 18 heavy (non-hydrogen) atoms. The number of hydrogen-bond donors (Lipinski definition) is 3. The maximum Gasteiger partial charge on any atom is 0.303 e. The largest absolute Gasteiger partial charge is 0.481 e. The van der Waals surface area contributed by atoms with Crippen LogP contribution in [0, 0.1) is 11.8 Å². The molecule has 0 radical (unpaired) electrons. The predicted octanol–water partition coefficient (Wildman–Crippen LogP) is 1.37. The SMILES string of the molecule is CC(C)CC(N)C(=O)NCCC(C)CCC(=O)O. The highest BCUT2D eigenvalue weighted by Crippen LogP contribution is 2.09. The van der Waals surface area contributed by atoms with Gasteiger partial charge in [-0.25, -0.2) is 0 Å². The third kappa shape index (κ3) is 8.98. The highest BCUT2D eigenvalue weighted by molar-refractivity contribution is 5.81. The first-order chi connectivity index (χ1) is 8.32. The van der Waals surface area contributed by atoms with Crippen LogP contribution in [0.25, 0.3) is 0 Å². The molecular formula is C13H26N2O3. The summed E-state index contributed by atoms with van der Waals surface area (Å²) in [5, 5.41) is 11.3. The molecule has 0 rings (SSSR count). The average molecular weight is 258 g/mol. The van der Waals surface area contributed by atoms with E-state index in [1.807, 2.05) is 20.8 Å². The third-order valence-corrected chi connectivity index (χ3v) is 2.85. The van der Waals surface area contributed by atoms with Crippen LogP contribution >= 0.6 is 0 Å². The van der Waals surface area contributed by atoms with Gasteiger partial charge in [0, 0.05) is 13.0 Å². The number of hydrogen-bond acceptors (Lipinski definition) is 3. The number of carbonyl (C=O) groups excluding carboxylic acids is 1. The van der Waals surface area contributed by atoms with Crippen LogP contribution in [0.5, 0.6) is 0 Å². The van der Waals surface area contributed by atoms with Crippen LogP contribution in [0.4, 0.5) is 0 Å². The molecule has 2 atom stereocenters. The number of aliphatic carboxylic acids is 1. The monoisotopic (exact) mass is 258 g/mol. The second-order valence-electron chi connectivity index (χ2n) is 5.35. The van der Waals surface area contributed by atoms with Gasteiger partial charge in [0.05, 0.1) is 6.04 Å². The Balaban J connectivity index is 3.70. The topological polar surface area (TPSA) is 92.4 Å². The van der Waals surface area contributed by atoms with Gasteiger partial charge in [-0.2, -0.15) is 0 Å². The van der Waals surface area contributed by atoms with Gasteiger partial charge in [0.25, 0.3) is 0 Å². The van der Waals surface area contributed by atoms with Gasteiger partial charge in [0.15, 0.2) is 0 Å². The Morgan fingerprint density at radius 3 is 2.33 bits per heavy atom. The van der Waals surface area contributed by atoms with Crippen LogP contribution in [0.1, 0.15) is 46.5 Å². The van der Waals surface area contributed by atoms with Crippen molar-refractivity contribution >= 4 is 11.9 Å². The summed E-state index contributed by atoms with van der Waals surface area (Å²) >= 11 is 0. The van der Waals surface area contributed by atoms with Gasteiger partial charge in [-0.1, -0.05) is 20.8 Å². The fraction of sp³-hybridized carbons (Fsp3) is 0.846. The summed E-state index contributed by atoms with van der Waals surface area (Å²) in [5.41, 5.74) is 5.74. The lowest BCUT2D eigenvalue weighted by molar-refractivity contribution is -0.137. The summed E-state index contributed by atoms with van der Waals surface area (Å²) in [6.45, 7) is 6.61. The van der Waals surface area contributed by atoms with E-state index < -0.39 is 12.0 Å². The van der Waals surface area contributed by atoms with Gasteiger partial charge in [-0.3, -0.25) is 9.59 Å². The van der Waals surface area contributed by atoms with E-state index in [1.54, 1.807) is 0 Å². The van der Waals surface area contributed by atoms with E-state index in [2.05, 4.69) is 5.32 Å². The highest BCUT2D eigenvalue weighted by Gasteiger charge is 2.14. The minimum Gasteiger partial charge on any atom is -0.481 e. The second kappa shape index (κ2) is 8.91. The standard InChI is InChI=1S/C13H26N2O3/c1-9(2)8-11(14)13(18)15-7-6-10(3)4-5-12(16)17/h9-11H,4-8,14H2,1-3H3,(H,15,18)(H,16,17). The number of amides is 1. The van der Waals surface area contributed by atoms with Crippen molar-refractivity contribution in [2.24, 2.45) is 17.6 Å². The summed E-state index contributed by atoms with van der Waals surface area (Å²) in [4.78, 5) is 22.0. The lowest BCUT2D eigenvalue weighted by Gasteiger charge is -2.15. The van der Waals surface area contributed by atoms with Gasteiger partial charge < -0.3 is 16.2 Å². The van der Waals surface area contributed by atoms with Crippen LogP contribution < -0.4 is 11.1 Å². The summed E-state index contributed by atoms with van der Waals surface area (Å²) in [6, 6.07) is -0.445. The second-order valence-corrected chi connectivity index (χ2v) is 5.35. The summed E-state index contributed by atoms with van der Waals surface area (Å²) in [5.74, 6) is -0.193. The zero-order valence-corrected chi connectivity index (χ0v) is 11.6. The van der Waals surface area contributed by atoms with Crippen LogP contribution in [-0.4, -0.2) is 29.6 Å². The van der Waals surface area contributed by atoms with Crippen molar-refractivity contribution in [2.45, 2.75) is 52.5 Å². The molecule has 0 aliphatic rings. The van der Waals surface area contributed by atoms with E-state index in [1.165, 1.54) is 0 Å². The van der Waals surface area contributed by atoms with E-state index in [4.69, 9.17) is 10.8 Å². The van der Waals surface area contributed by atoms with Crippen LogP contribution in [-0.2, 0) is 9.59 Å². The average Bonchev–Trinajstić information content (AvgIpc) is 2.25. The quantitative estimate of drug-likeness (QED) is 0.582. The lowest BCUT2D eigenvalue weighted by atomic mass is 10.0. The molecule has 4 N–H and O–H groups in total. The molecule has 0 aliphatic heterocycles. The zero-order chi connectivity index (χ0) is 14.1. The summed E-state index contributed by atoms with van der Waals surface area (Å²) < 4.78 is 0. The lowest BCUT2D eigenvalue weighted by Crippen LogP contribution is -2.41. The molecule has 0 heterocycles. The minimum atomic E-state index is -0.773. The fourth-order valence-electron chi connectivity index (χ4n) is 1.70. The summed E-state index contributed by atoms with van der Waals surface area (Å²) in [7, 11) is 0. The Hall–Kier alpha value is -1.10. The van der Waals surface area contributed by atoms with Crippen LogP contribution in [0.15, 0.2) is 0 Å². The van der Waals surface area contributed by atoms with Gasteiger partial charge in [0.2, 0.25) is 5.91 Å². The molecular weight excluding hydrogens is 232 g/mol. The van der Waals surface area contributed by atoms with Gasteiger partial charge >= 0.3 is 5.97 Å². The molecule has 1 amide bonds. The molecule has 0 aromatic heterocycles. The van der Waals surface area contributed by atoms with Crippen molar-refractivity contribution in [3.63, 3.8) is 0 Å². The number of nitrogens with one attached hydrogen (secondary N) is 1. The van der Waals surface area contributed by atoms with Crippen molar-refractivity contribution in [3.05, 3.63) is 0 Å². The molecule has 0 aromatic carbocycles. The fourth-order valence-corrected chi connectivity index (χ4v) is 1.70. The number of nitrogens with two attached hydrogens (primary N) is 1. The Morgan fingerprint density at radius 1 is 1.22 bits per heavy atom. The maximum absolute atomic E-state index is 11.6. The number of carboxylic acid groups (broad SMARTS) is 1. The van der Waals surface area contributed by atoms with E-state index in [0.29, 0.717) is 31.2 Å². The normalized spacial score (nSPS) is 14.3. The van der Waals surface area contributed by atoms with E-state index in [-0.39, 0.29) is 12.3 Å². The number of rotatable bonds is 9. The number of carbonyl (C=O) groups is 2. The van der Waals surface area contributed by atoms with Gasteiger partial charge in [0.1, 0.15) is 0 Å². The maximum atomic E-state index is 11.6. The molecule has 5 nitrogen and oxygen atoms in total. The molecule has 0 bridgehead atoms. The molecule has 0 fully saturated rings. The van der Waals surface area contributed by atoms with E-state index >= 15 is 0 Å².